The van der Waals surface area contributed by atoms with Gasteiger partial charge in [-0.1, -0.05) is 6.42 Å². The summed E-state index contributed by atoms with van der Waals surface area (Å²) in [6.45, 7) is 10.6. The normalized spacial score (nSPS) is 32.8. The second kappa shape index (κ2) is 7.43. The zero-order valence-corrected chi connectivity index (χ0v) is 16.5. The first-order valence-electron chi connectivity index (χ1n) is 10.1. The third kappa shape index (κ3) is 4.48. The second-order valence-corrected chi connectivity index (χ2v) is 9.33. The summed E-state index contributed by atoms with van der Waals surface area (Å²) >= 11 is 0. The molecule has 3 aliphatic rings. The zero-order chi connectivity index (χ0) is 18.1. The van der Waals surface area contributed by atoms with Crippen LogP contribution in [-0.4, -0.2) is 54.5 Å². The number of rotatable bonds is 2. The highest BCUT2D eigenvalue weighted by atomic mass is 16.6. The molecule has 3 unspecified atom stereocenters. The van der Waals surface area contributed by atoms with E-state index in [1.807, 2.05) is 25.7 Å². The van der Waals surface area contributed by atoms with Crippen molar-refractivity contribution < 1.29 is 14.3 Å². The molecule has 5 heteroatoms. The maximum absolute atomic E-state index is 12.4. The second-order valence-electron chi connectivity index (χ2n) is 9.33. The van der Waals surface area contributed by atoms with E-state index >= 15 is 0 Å². The molecule has 1 saturated carbocycles. The van der Waals surface area contributed by atoms with Crippen LogP contribution in [0.3, 0.4) is 0 Å². The molecule has 0 aromatic rings. The lowest BCUT2D eigenvalue weighted by atomic mass is 9.75. The Bertz CT molecular complexity index is 468. The molecule has 1 aliphatic carbocycles. The molecule has 144 valence electrons. The number of ether oxygens (including phenoxy) is 2. The largest absolute Gasteiger partial charge is 0.444 e. The molecule has 0 radical (unpaired) electrons. The molecule has 0 bridgehead atoms. The Hall–Kier alpha value is -0.810. The summed E-state index contributed by atoms with van der Waals surface area (Å²) < 4.78 is 11.2. The lowest BCUT2D eigenvalue weighted by Gasteiger charge is -2.44. The van der Waals surface area contributed by atoms with Gasteiger partial charge in [0, 0.05) is 37.9 Å². The van der Waals surface area contributed by atoms with Crippen LogP contribution in [0.2, 0.25) is 0 Å². The lowest BCUT2D eigenvalue weighted by molar-refractivity contribution is -0.00501. The Morgan fingerprint density at radius 1 is 1.20 bits per heavy atom. The number of likely N-dealkylation sites (tertiary alicyclic amines) is 1. The molecule has 2 heterocycles. The van der Waals surface area contributed by atoms with Gasteiger partial charge < -0.3 is 19.7 Å². The molecule has 1 N–H and O–H groups in total. The molecule has 3 atom stereocenters. The van der Waals surface area contributed by atoms with Gasteiger partial charge in [0.05, 0.1) is 0 Å². The minimum Gasteiger partial charge on any atom is -0.444 e. The molecule has 3 rings (SSSR count). The summed E-state index contributed by atoms with van der Waals surface area (Å²) in [5.41, 5.74) is 0.0367. The van der Waals surface area contributed by atoms with Gasteiger partial charge in [0.25, 0.3) is 0 Å². The number of hydrogen-bond acceptors (Lipinski definition) is 4. The quantitative estimate of drug-likeness (QED) is 0.823. The van der Waals surface area contributed by atoms with E-state index in [4.69, 9.17) is 9.47 Å². The summed E-state index contributed by atoms with van der Waals surface area (Å²) in [6, 6.07) is 1.37. The molecule has 2 saturated heterocycles. The number of amides is 1. The van der Waals surface area contributed by atoms with Crippen LogP contribution in [0.25, 0.3) is 0 Å². The number of nitrogens with zero attached hydrogens (tertiary/aromatic N) is 1. The van der Waals surface area contributed by atoms with Crippen molar-refractivity contribution in [1.29, 1.82) is 0 Å². The SMILES string of the molecule is CC1CC(NC2CCCC23CCOCC3)CCN1C(=O)OC(C)(C)C. The van der Waals surface area contributed by atoms with E-state index in [0.717, 1.165) is 32.6 Å². The Balaban J connectivity index is 1.53. The van der Waals surface area contributed by atoms with Crippen molar-refractivity contribution in [2.24, 2.45) is 5.41 Å². The van der Waals surface area contributed by atoms with E-state index < -0.39 is 5.60 Å². The van der Waals surface area contributed by atoms with Crippen LogP contribution in [0.15, 0.2) is 0 Å². The topological polar surface area (TPSA) is 50.8 Å². The number of carbonyl (C=O) groups is 1. The molecule has 1 spiro atoms. The van der Waals surface area contributed by atoms with Crippen LogP contribution in [0, 0.1) is 5.41 Å². The number of carbonyl (C=O) groups excluding carboxylic acids is 1. The molecule has 3 fully saturated rings. The van der Waals surface area contributed by atoms with E-state index in [9.17, 15) is 4.79 Å². The predicted octanol–water partition coefficient (Wildman–Crippen LogP) is 3.71. The van der Waals surface area contributed by atoms with Crippen LogP contribution in [-0.2, 0) is 9.47 Å². The highest BCUT2D eigenvalue weighted by Crippen LogP contribution is 2.46. The van der Waals surface area contributed by atoms with E-state index in [2.05, 4.69) is 12.2 Å². The molecule has 2 aliphatic heterocycles. The summed E-state index contributed by atoms with van der Waals surface area (Å²) in [5.74, 6) is 0. The Morgan fingerprint density at radius 3 is 2.56 bits per heavy atom. The fourth-order valence-corrected chi connectivity index (χ4v) is 4.98. The number of hydrogen-bond donors (Lipinski definition) is 1. The first-order valence-corrected chi connectivity index (χ1v) is 10.1. The smallest absolute Gasteiger partial charge is 0.410 e. The molecule has 0 aromatic heterocycles. The van der Waals surface area contributed by atoms with Gasteiger partial charge >= 0.3 is 6.09 Å². The molecule has 25 heavy (non-hydrogen) atoms. The summed E-state index contributed by atoms with van der Waals surface area (Å²) in [4.78, 5) is 14.3. The first-order chi connectivity index (χ1) is 11.8. The Labute approximate surface area is 152 Å². The zero-order valence-electron chi connectivity index (χ0n) is 16.5. The van der Waals surface area contributed by atoms with E-state index in [0.29, 0.717) is 17.5 Å². The van der Waals surface area contributed by atoms with Gasteiger partial charge in [-0.15, -0.1) is 0 Å². The summed E-state index contributed by atoms with van der Waals surface area (Å²) in [6.07, 6.45) is 8.26. The monoisotopic (exact) mass is 352 g/mol. The van der Waals surface area contributed by atoms with E-state index in [1.165, 1.54) is 32.1 Å². The maximum atomic E-state index is 12.4. The van der Waals surface area contributed by atoms with Crippen molar-refractivity contribution >= 4 is 6.09 Å². The highest BCUT2D eigenvalue weighted by Gasteiger charge is 2.45. The first kappa shape index (κ1) is 19.0. The van der Waals surface area contributed by atoms with Crippen molar-refractivity contribution in [3.05, 3.63) is 0 Å². The number of nitrogens with one attached hydrogen (secondary N) is 1. The van der Waals surface area contributed by atoms with Crippen molar-refractivity contribution in [2.75, 3.05) is 19.8 Å². The van der Waals surface area contributed by atoms with E-state index in [1.54, 1.807) is 0 Å². The predicted molar refractivity (Wildman–Crippen MR) is 98.7 cm³/mol. The third-order valence-electron chi connectivity index (χ3n) is 6.34. The van der Waals surface area contributed by atoms with Gasteiger partial charge in [0.15, 0.2) is 0 Å². The van der Waals surface area contributed by atoms with Crippen LogP contribution in [0.4, 0.5) is 4.79 Å². The van der Waals surface area contributed by atoms with Crippen molar-refractivity contribution in [1.82, 2.24) is 10.2 Å². The average molecular weight is 353 g/mol. The standard InChI is InChI=1S/C20H36N2O3/c1-15-14-16(7-11-22(15)18(23)25-19(2,3)4)21-17-6-5-8-20(17)9-12-24-13-10-20/h15-17,21H,5-14H2,1-4H3. The van der Waals surface area contributed by atoms with Gasteiger partial charge in [0.2, 0.25) is 0 Å². The maximum Gasteiger partial charge on any atom is 0.410 e. The lowest BCUT2D eigenvalue weighted by Crippen LogP contribution is -2.55. The average Bonchev–Trinajstić information content (AvgIpc) is 2.88. The van der Waals surface area contributed by atoms with Crippen LogP contribution in [0.1, 0.15) is 72.6 Å². The number of piperidine rings is 1. The Morgan fingerprint density at radius 2 is 1.92 bits per heavy atom. The van der Waals surface area contributed by atoms with Gasteiger partial charge in [-0.2, -0.15) is 0 Å². The van der Waals surface area contributed by atoms with Crippen LogP contribution in [0.5, 0.6) is 0 Å². The van der Waals surface area contributed by atoms with E-state index in [-0.39, 0.29) is 12.1 Å². The van der Waals surface area contributed by atoms with Gasteiger partial charge in [0.1, 0.15) is 5.60 Å². The van der Waals surface area contributed by atoms with Gasteiger partial charge in [-0.25, -0.2) is 4.79 Å². The molecular weight excluding hydrogens is 316 g/mol. The fourth-order valence-electron chi connectivity index (χ4n) is 4.98. The summed E-state index contributed by atoms with van der Waals surface area (Å²) in [5, 5.41) is 3.98. The minimum absolute atomic E-state index is 0.166. The van der Waals surface area contributed by atoms with Crippen LogP contribution < -0.4 is 5.32 Å². The van der Waals surface area contributed by atoms with Crippen LogP contribution >= 0.6 is 0 Å². The minimum atomic E-state index is -0.425. The molecule has 5 nitrogen and oxygen atoms in total. The molecule has 1 amide bonds. The molecule has 0 aromatic carbocycles. The fraction of sp³-hybridized carbons (Fsp3) is 0.950. The third-order valence-corrected chi connectivity index (χ3v) is 6.34. The molecular formula is C20H36N2O3. The van der Waals surface area contributed by atoms with Gasteiger partial charge in [-0.05, 0) is 71.6 Å². The van der Waals surface area contributed by atoms with Crippen molar-refractivity contribution in [3.8, 4) is 0 Å². The Kier molecular flexibility index (Phi) is 5.64. The van der Waals surface area contributed by atoms with Crippen molar-refractivity contribution in [3.63, 3.8) is 0 Å². The van der Waals surface area contributed by atoms with Gasteiger partial charge in [-0.3, -0.25) is 0 Å². The van der Waals surface area contributed by atoms with Crippen molar-refractivity contribution in [2.45, 2.75) is 96.4 Å². The highest BCUT2D eigenvalue weighted by molar-refractivity contribution is 5.68. The summed E-state index contributed by atoms with van der Waals surface area (Å²) in [7, 11) is 0.